The summed E-state index contributed by atoms with van der Waals surface area (Å²) in [4.78, 5) is 22.1. The number of imidazole rings is 1. The van der Waals surface area contributed by atoms with E-state index in [0.29, 0.717) is 6.54 Å². The van der Waals surface area contributed by atoms with Crippen molar-refractivity contribution in [3.05, 3.63) is 41.3 Å². The fourth-order valence-electron chi connectivity index (χ4n) is 2.33. The standard InChI is InChI=1S/C13H14N4O2/c1-8(3-5-18)7-17-11-9-2-4-14-12(9)15-6-10(11)16-13(17)19/h2-6,8,18H,7H2,1H3,(H,14,15)(H,16,19)/b5-3+. The highest BCUT2D eigenvalue weighted by Gasteiger charge is 2.13. The second kappa shape index (κ2) is 4.31. The summed E-state index contributed by atoms with van der Waals surface area (Å²) in [5.41, 5.74) is 2.15. The molecule has 1 atom stereocenters. The van der Waals surface area contributed by atoms with E-state index in [-0.39, 0.29) is 11.6 Å². The molecule has 0 spiro atoms. The van der Waals surface area contributed by atoms with Gasteiger partial charge in [0, 0.05) is 18.1 Å². The van der Waals surface area contributed by atoms with Crippen molar-refractivity contribution in [2.24, 2.45) is 5.92 Å². The van der Waals surface area contributed by atoms with E-state index in [4.69, 9.17) is 5.11 Å². The van der Waals surface area contributed by atoms with Gasteiger partial charge >= 0.3 is 5.69 Å². The molecule has 6 heteroatoms. The van der Waals surface area contributed by atoms with Gasteiger partial charge in [0.2, 0.25) is 0 Å². The topological polar surface area (TPSA) is 86.7 Å². The molecule has 0 bridgehead atoms. The maximum Gasteiger partial charge on any atom is 0.326 e. The van der Waals surface area contributed by atoms with Crippen molar-refractivity contribution in [1.82, 2.24) is 19.5 Å². The first kappa shape index (κ1) is 11.6. The number of hydrogen-bond donors (Lipinski definition) is 3. The predicted molar refractivity (Wildman–Crippen MR) is 73.1 cm³/mol. The number of aliphatic hydroxyl groups excluding tert-OH is 1. The average molecular weight is 258 g/mol. The Morgan fingerprint density at radius 3 is 3.21 bits per heavy atom. The maximum absolute atomic E-state index is 12.0. The minimum Gasteiger partial charge on any atom is -0.516 e. The summed E-state index contributed by atoms with van der Waals surface area (Å²) < 4.78 is 1.68. The zero-order valence-corrected chi connectivity index (χ0v) is 10.4. The molecule has 19 heavy (non-hydrogen) atoms. The van der Waals surface area contributed by atoms with Gasteiger partial charge in [0.1, 0.15) is 5.65 Å². The number of nitrogens with zero attached hydrogens (tertiary/aromatic N) is 2. The minimum absolute atomic E-state index is 0.0591. The fraction of sp³-hybridized carbons (Fsp3) is 0.231. The van der Waals surface area contributed by atoms with E-state index in [9.17, 15) is 4.79 Å². The molecule has 0 aromatic carbocycles. The van der Waals surface area contributed by atoms with Gasteiger partial charge in [-0.25, -0.2) is 9.78 Å². The highest BCUT2D eigenvalue weighted by atomic mass is 16.2. The molecule has 0 aliphatic rings. The Kier molecular flexibility index (Phi) is 2.63. The molecular weight excluding hydrogens is 244 g/mol. The van der Waals surface area contributed by atoms with Gasteiger partial charge < -0.3 is 15.1 Å². The zero-order chi connectivity index (χ0) is 13.4. The Labute approximate surface area is 108 Å². The normalized spacial score (nSPS) is 13.7. The number of pyridine rings is 1. The molecule has 3 N–H and O–H groups in total. The third-order valence-corrected chi connectivity index (χ3v) is 3.20. The van der Waals surface area contributed by atoms with Gasteiger partial charge in [-0.15, -0.1) is 0 Å². The molecule has 0 aliphatic heterocycles. The zero-order valence-electron chi connectivity index (χ0n) is 10.4. The number of hydrogen-bond acceptors (Lipinski definition) is 3. The van der Waals surface area contributed by atoms with Crippen LogP contribution in [0.4, 0.5) is 0 Å². The molecule has 3 aromatic rings. The quantitative estimate of drug-likeness (QED) is 0.627. The molecule has 0 amide bonds. The molecule has 6 nitrogen and oxygen atoms in total. The third-order valence-electron chi connectivity index (χ3n) is 3.20. The number of aliphatic hydroxyl groups is 1. The largest absolute Gasteiger partial charge is 0.516 e. The lowest BCUT2D eigenvalue weighted by atomic mass is 10.2. The first-order valence-corrected chi connectivity index (χ1v) is 6.06. The second-order valence-corrected chi connectivity index (χ2v) is 4.62. The van der Waals surface area contributed by atoms with E-state index in [1.807, 2.05) is 13.0 Å². The van der Waals surface area contributed by atoms with Crippen LogP contribution in [-0.4, -0.2) is 24.6 Å². The van der Waals surface area contributed by atoms with Crippen LogP contribution in [0, 0.1) is 5.92 Å². The highest BCUT2D eigenvalue weighted by Crippen LogP contribution is 2.21. The predicted octanol–water partition coefficient (Wildman–Crippen LogP) is 1.91. The molecule has 3 rings (SSSR count). The lowest BCUT2D eigenvalue weighted by Gasteiger charge is -2.07. The number of aromatic nitrogens is 4. The van der Waals surface area contributed by atoms with Gasteiger partial charge in [-0.1, -0.05) is 6.92 Å². The Morgan fingerprint density at radius 1 is 1.58 bits per heavy atom. The second-order valence-electron chi connectivity index (χ2n) is 4.62. The van der Waals surface area contributed by atoms with Crippen LogP contribution in [0.2, 0.25) is 0 Å². The van der Waals surface area contributed by atoms with E-state index < -0.39 is 0 Å². The van der Waals surface area contributed by atoms with E-state index in [0.717, 1.165) is 28.3 Å². The SMILES string of the molecule is CC(/C=C/O)Cn1c(=O)[nH]c2cnc3[nH]ccc3c21. The lowest BCUT2D eigenvalue weighted by molar-refractivity contribution is 0.459. The van der Waals surface area contributed by atoms with Crippen molar-refractivity contribution >= 4 is 22.1 Å². The molecule has 98 valence electrons. The first-order chi connectivity index (χ1) is 9.20. The van der Waals surface area contributed by atoms with Gasteiger partial charge in [-0.05, 0) is 18.1 Å². The van der Waals surface area contributed by atoms with Crippen molar-refractivity contribution in [2.45, 2.75) is 13.5 Å². The summed E-state index contributed by atoms with van der Waals surface area (Å²) in [6.07, 6.45) is 6.12. The smallest absolute Gasteiger partial charge is 0.326 e. The van der Waals surface area contributed by atoms with Crippen LogP contribution in [0.1, 0.15) is 6.92 Å². The van der Waals surface area contributed by atoms with Crippen molar-refractivity contribution < 1.29 is 5.11 Å². The van der Waals surface area contributed by atoms with Crippen LogP contribution in [-0.2, 0) is 6.54 Å². The monoisotopic (exact) mass is 258 g/mol. The van der Waals surface area contributed by atoms with Gasteiger partial charge in [0.25, 0.3) is 0 Å². The molecule has 0 saturated carbocycles. The van der Waals surface area contributed by atoms with Crippen LogP contribution in [0.3, 0.4) is 0 Å². The lowest BCUT2D eigenvalue weighted by Crippen LogP contribution is -2.19. The molecule has 0 aliphatic carbocycles. The van der Waals surface area contributed by atoms with E-state index in [2.05, 4.69) is 15.0 Å². The summed E-state index contributed by atoms with van der Waals surface area (Å²) >= 11 is 0. The van der Waals surface area contributed by atoms with Gasteiger partial charge in [0.15, 0.2) is 0 Å². The molecule has 0 saturated heterocycles. The number of aromatic amines is 2. The van der Waals surface area contributed by atoms with Gasteiger partial charge in [-0.2, -0.15) is 0 Å². The summed E-state index contributed by atoms with van der Waals surface area (Å²) in [7, 11) is 0. The molecule has 0 fully saturated rings. The van der Waals surface area contributed by atoms with Crippen molar-refractivity contribution in [3.8, 4) is 0 Å². The van der Waals surface area contributed by atoms with Gasteiger partial charge in [-0.3, -0.25) is 4.57 Å². The van der Waals surface area contributed by atoms with Crippen LogP contribution in [0.5, 0.6) is 0 Å². The third kappa shape index (κ3) is 1.81. The molecular formula is C13H14N4O2. The van der Waals surface area contributed by atoms with E-state index in [1.54, 1.807) is 23.0 Å². The summed E-state index contributed by atoms with van der Waals surface area (Å²) in [5.74, 6) is 0.0591. The molecule has 3 aromatic heterocycles. The number of rotatable bonds is 3. The number of H-pyrrole nitrogens is 2. The Hall–Kier alpha value is -2.50. The molecule has 0 radical (unpaired) electrons. The Morgan fingerprint density at radius 2 is 2.42 bits per heavy atom. The molecule has 3 heterocycles. The highest BCUT2D eigenvalue weighted by molar-refractivity contribution is 6.00. The van der Waals surface area contributed by atoms with Crippen LogP contribution in [0.15, 0.2) is 35.6 Å². The fourth-order valence-corrected chi connectivity index (χ4v) is 2.33. The van der Waals surface area contributed by atoms with E-state index in [1.165, 1.54) is 0 Å². The summed E-state index contributed by atoms with van der Waals surface area (Å²) in [5, 5.41) is 9.71. The van der Waals surface area contributed by atoms with Crippen LogP contribution in [0.25, 0.3) is 22.1 Å². The minimum atomic E-state index is -0.163. The van der Waals surface area contributed by atoms with E-state index >= 15 is 0 Å². The van der Waals surface area contributed by atoms with Crippen molar-refractivity contribution in [3.63, 3.8) is 0 Å². The van der Waals surface area contributed by atoms with Crippen molar-refractivity contribution in [1.29, 1.82) is 0 Å². The maximum atomic E-state index is 12.0. The average Bonchev–Trinajstić information content (AvgIpc) is 2.94. The number of nitrogens with one attached hydrogen (secondary N) is 2. The van der Waals surface area contributed by atoms with Crippen LogP contribution >= 0.6 is 0 Å². The van der Waals surface area contributed by atoms with Gasteiger partial charge in [0.05, 0.1) is 23.5 Å². The summed E-state index contributed by atoms with van der Waals surface area (Å²) in [6, 6.07) is 1.90. The van der Waals surface area contributed by atoms with Crippen LogP contribution < -0.4 is 5.69 Å². The van der Waals surface area contributed by atoms with Crippen molar-refractivity contribution in [2.75, 3.05) is 0 Å². The number of allylic oxidation sites excluding steroid dienone is 1. The Bertz CT molecular complexity index is 809. The summed E-state index contributed by atoms with van der Waals surface area (Å²) in [6.45, 7) is 2.44. The Balaban J connectivity index is 2.24. The first-order valence-electron chi connectivity index (χ1n) is 6.06. The number of fused-ring (bicyclic) bond motifs is 3. The molecule has 1 unspecified atom stereocenters.